The lowest BCUT2D eigenvalue weighted by molar-refractivity contribution is 1.25. The highest BCUT2D eigenvalue weighted by Gasteiger charge is 2.03. The Kier molecular flexibility index (Phi) is 2.73. The van der Waals surface area contributed by atoms with E-state index >= 15 is 0 Å². The van der Waals surface area contributed by atoms with E-state index in [2.05, 4.69) is 68.4 Å². The van der Waals surface area contributed by atoms with Crippen LogP contribution in [-0.4, -0.2) is 4.98 Å². The van der Waals surface area contributed by atoms with Gasteiger partial charge in [-0.1, -0.05) is 12.1 Å². The van der Waals surface area contributed by atoms with Gasteiger partial charge in [0, 0.05) is 14.7 Å². The fourth-order valence-electron chi connectivity index (χ4n) is 1.23. The van der Waals surface area contributed by atoms with Crippen LogP contribution in [0.4, 0.5) is 0 Å². The van der Waals surface area contributed by atoms with E-state index < -0.39 is 0 Å². The summed E-state index contributed by atoms with van der Waals surface area (Å²) < 4.78 is 2.52. The molecule has 3 heteroatoms. The molecule has 0 atom stereocenters. The standard InChI is InChI=1S/C10H7I2N/c1-6-2-3-7-4-5-8(11)9(12)10(7)13-6/h2-5H,1H3. The summed E-state index contributed by atoms with van der Waals surface area (Å²) in [6, 6.07) is 8.41. The molecular formula is C10H7I2N. The van der Waals surface area contributed by atoms with Gasteiger partial charge in [-0.25, -0.2) is 0 Å². The van der Waals surface area contributed by atoms with Gasteiger partial charge in [-0.05, 0) is 64.2 Å². The fraction of sp³-hybridized carbons (Fsp3) is 0.100. The van der Waals surface area contributed by atoms with Crippen molar-refractivity contribution >= 4 is 56.1 Å². The highest BCUT2D eigenvalue weighted by molar-refractivity contribution is 14.1. The minimum Gasteiger partial charge on any atom is -0.252 e. The van der Waals surface area contributed by atoms with Gasteiger partial charge < -0.3 is 0 Å². The first-order valence-electron chi connectivity index (χ1n) is 3.90. The average Bonchev–Trinajstić information content (AvgIpc) is 2.12. The molecule has 0 fully saturated rings. The number of hydrogen-bond acceptors (Lipinski definition) is 1. The second-order valence-corrected chi connectivity index (χ2v) is 5.13. The second kappa shape index (κ2) is 3.68. The molecule has 1 heterocycles. The van der Waals surface area contributed by atoms with Crippen molar-refractivity contribution in [3.05, 3.63) is 37.1 Å². The normalized spacial score (nSPS) is 10.7. The molecule has 0 spiro atoms. The van der Waals surface area contributed by atoms with Gasteiger partial charge >= 0.3 is 0 Å². The Morgan fingerprint density at radius 1 is 1.08 bits per heavy atom. The zero-order valence-electron chi connectivity index (χ0n) is 7.01. The zero-order valence-corrected chi connectivity index (χ0v) is 11.3. The molecule has 0 aliphatic carbocycles. The van der Waals surface area contributed by atoms with Crippen LogP contribution in [0.15, 0.2) is 24.3 Å². The van der Waals surface area contributed by atoms with E-state index in [-0.39, 0.29) is 0 Å². The summed E-state index contributed by atoms with van der Waals surface area (Å²) in [6.07, 6.45) is 0. The molecule has 1 aromatic heterocycles. The smallest absolute Gasteiger partial charge is 0.0849 e. The highest BCUT2D eigenvalue weighted by atomic mass is 127. The van der Waals surface area contributed by atoms with Gasteiger partial charge in [0.1, 0.15) is 0 Å². The van der Waals surface area contributed by atoms with E-state index in [0.29, 0.717) is 0 Å². The topological polar surface area (TPSA) is 12.9 Å². The third kappa shape index (κ3) is 1.81. The van der Waals surface area contributed by atoms with Crippen molar-refractivity contribution in [3.63, 3.8) is 0 Å². The van der Waals surface area contributed by atoms with Crippen LogP contribution in [0, 0.1) is 14.1 Å². The second-order valence-electron chi connectivity index (χ2n) is 2.89. The number of pyridine rings is 1. The van der Waals surface area contributed by atoms with E-state index in [1.165, 1.54) is 12.5 Å². The third-order valence-electron chi connectivity index (χ3n) is 1.89. The number of aromatic nitrogens is 1. The lowest BCUT2D eigenvalue weighted by Gasteiger charge is -2.02. The summed E-state index contributed by atoms with van der Waals surface area (Å²) in [5, 5.41) is 1.22. The number of halogens is 2. The Morgan fingerprint density at radius 2 is 1.77 bits per heavy atom. The average molecular weight is 395 g/mol. The quantitative estimate of drug-likeness (QED) is 0.620. The van der Waals surface area contributed by atoms with Crippen molar-refractivity contribution in [1.82, 2.24) is 4.98 Å². The van der Waals surface area contributed by atoms with Crippen LogP contribution in [0.3, 0.4) is 0 Å². The zero-order chi connectivity index (χ0) is 9.42. The maximum Gasteiger partial charge on any atom is 0.0849 e. The SMILES string of the molecule is Cc1ccc2ccc(I)c(I)c2n1. The first-order chi connectivity index (χ1) is 6.18. The Balaban J connectivity index is 2.89. The van der Waals surface area contributed by atoms with Crippen molar-refractivity contribution in [2.45, 2.75) is 6.92 Å². The Hall–Kier alpha value is 0.0900. The Morgan fingerprint density at radius 3 is 2.54 bits per heavy atom. The number of fused-ring (bicyclic) bond motifs is 1. The molecule has 0 N–H and O–H groups in total. The number of rotatable bonds is 0. The van der Waals surface area contributed by atoms with Crippen LogP contribution in [0.1, 0.15) is 5.69 Å². The molecule has 0 aliphatic heterocycles. The molecule has 1 nitrogen and oxygen atoms in total. The van der Waals surface area contributed by atoms with Gasteiger partial charge in [-0.3, -0.25) is 4.98 Å². The maximum atomic E-state index is 4.52. The van der Waals surface area contributed by atoms with Crippen LogP contribution in [0.25, 0.3) is 10.9 Å². The van der Waals surface area contributed by atoms with Gasteiger partial charge in [0.05, 0.1) is 9.09 Å². The van der Waals surface area contributed by atoms with Gasteiger partial charge in [-0.15, -0.1) is 0 Å². The summed E-state index contributed by atoms with van der Waals surface area (Å²) in [6.45, 7) is 2.02. The molecule has 0 saturated carbocycles. The summed E-state index contributed by atoms with van der Waals surface area (Å²) >= 11 is 4.69. The predicted molar refractivity (Wildman–Crippen MR) is 71.9 cm³/mol. The molecule has 2 rings (SSSR count). The van der Waals surface area contributed by atoms with Crippen molar-refractivity contribution in [2.75, 3.05) is 0 Å². The van der Waals surface area contributed by atoms with Gasteiger partial charge in [0.15, 0.2) is 0 Å². The molecule has 0 bridgehead atoms. The molecule has 13 heavy (non-hydrogen) atoms. The van der Waals surface area contributed by atoms with Crippen molar-refractivity contribution < 1.29 is 0 Å². The summed E-state index contributed by atoms with van der Waals surface area (Å²) in [5.41, 5.74) is 2.19. The lowest BCUT2D eigenvalue weighted by Crippen LogP contribution is -1.88. The minimum absolute atomic E-state index is 1.08. The molecule has 0 amide bonds. The Labute approximate surface area is 104 Å². The van der Waals surface area contributed by atoms with Gasteiger partial charge in [0.2, 0.25) is 0 Å². The van der Waals surface area contributed by atoms with E-state index in [9.17, 15) is 0 Å². The predicted octanol–water partition coefficient (Wildman–Crippen LogP) is 3.75. The largest absolute Gasteiger partial charge is 0.252 e. The molecule has 0 aliphatic rings. The molecule has 0 radical (unpaired) electrons. The van der Waals surface area contributed by atoms with Crippen LogP contribution in [-0.2, 0) is 0 Å². The molecule has 1 aromatic carbocycles. The van der Waals surface area contributed by atoms with E-state index in [1.54, 1.807) is 0 Å². The summed E-state index contributed by atoms with van der Waals surface area (Å²) in [7, 11) is 0. The third-order valence-corrected chi connectivity index (χ3v) is 4.92. The number of hydrogen-bond donors (Lipinski definition) is 0. The van der Waals surface area contributed by atoms with Crippen molar-refractivity contribution in [1.29, 1.82) is 0 Å². The first kappa shape index (κ1) is 9.64. The van der Waals surface area contributed by atoms with Gasteiger partial charge in [0.25, 0.3) is 0 Å². The van der Waals surface area contributed by atoms with Crippen LogP contribution < -0.4 is 0 Å². The van der Waals surface area contributed by atoms with Crippen molar-refractivity contribution in [2.24, 2.45) is 0 Å². The Bertz CT molecular complexity index is 460. The molecular weight excluding hydrogens is 388 g/mol. The molecule has 2 aromatic rings. The first-order valence-corrected chi connectivity index (χ1v) is 6.05. The lowest BCUT2D eigenvalue weighted by atomic mass is 10.2. The van der Waals surface area contributed by atoms with Crippen LogP contribution in [0.5, 0.6) is 0 Å². The van der Waals surface area contributed by atoms with E-state index in [4.69, 9.17) is 0 Å². The molecule has 0 saturated heterocycles. The number of nitrogens with zero attached hydrogens (tertiary/aromatic N) is 1. The monoisotopic (exact) mass is 395 g/mol. The van der Waals surface area contributed by atoms with Crippen LogP contribution in [0.2, 0.25) is 0 Å². The number of benzene rings is 1. The number of aryl methyl sites for hydroxylation is 1. The molecule has 66 valence electrons. The van der Waals surface area contributed by atoms with Crippen molar-refractivity contribution in [3.8, 4) is 0 Å². The molecule has 0 unspecified atom stereocenters. The highest BCUT2D eigenvalue weighted by Crippen LogP contribution is 2.23. The van der Waals surface area contributed by atoms with E-state index in [1.807, 2.05) is 13.0 Å². The van der Waals surface area contributed by atoms with E-state index in [0.717, 1.165) is 11.2 Å². The van der Waals surface area contributed by atoms with Crippen LogP contribution >= 0.6 is 45.2 Å². The minimum atomic E-state index is 1.08. The fourth-order valence-corrected chi connectivity index (χ4v) is 2.27. The summed E-state index contributed by atoms with van der Waals surface area (Å²) in [4.78, 5) is 4.52. The summed E-state index contributed by atoms with van der Waals surface area (Å²) in [5.74, 6) is 0. The van der Waals surface area contributed by atoms with Gasteiger partial charge in [-0.2, -0.15) is 0 Å². The maximum absolute atomic E-state index is 4.52.